The van der Waals surface area contributed by atoms with Gasteiger partial charge in [0, 0.05) is 31.2 Å². The van der Waals surface area contributed by atoms with Crippen LogP contribution in [-0.4, -0.2) is 35.3 Å². The Labute approximate surface area is 161 Å². The van der Waals surface area contributed by atoms with Gasteiger partial charge in [-0.1, -0.05) is 18.2 Å². The van der Waals surface area contributed by atoms with E-state index in [2.05, 4.69) is 15.7 Å². The van der Waals surface area contributed by atoms with Crippen LogP contribution in [0, 0.1) is 5.82 Å². The Morgan fingerprint density at radius 1 is 1.18 bits per heavy atom. The third-order valence-electron chi connectivity index (χ3n) is 4.07. The number of benzene rings is 2. The van der Waals surface area contributed by atoms with Crippen molar-refractivity contribution in [3.63, 3.8) is 0 Å². The van der Waals surface area contributed by atoms with Crippen molar-refractivity contribution < 1.29 is 14.0 Å². The van der Waals surface area contributed by atoms with Gasteiger partial charge in [-0.05, 0) is 37.3 Å². The van der Waals surface area contributed by atoms with Gasteiger partial charge < -0.3 is 10.6 Å². The third-order valence-corrected chi connectivity index (χ3v) is 4.07. The van der Waals surface area contributed by atoms with Gasteiger partial charge in [0.1, 0.15) is 11.5 Å². The number of carbonyl (C=O) groups is 2. The maximum Gasteiger partial charge on any atom is 0.321 e. The average molecular weight is 381 g/mol. The molecule has 0 bridgehead atoms. The molecule has 0 radical (unpaired) electrons. The van der Waals surface area contributed by atoms with Gasteiger partial charge in [-0.3, -0.25) is 9.69 Å². The molecule has 0 spiro atoms. The number of halogens is 1. The lowest BCUT2D eigenvalue weighted by molar-refractivity contribution is 0.102. The van der Waals surface area contributed by atoms with E-state index in [1.54, 1.807) is 49.5 Å². The highest BCUT2D eigenvalue weighted by atomic mass is 19.1. The quantitative estimate of drug-likeness (QED) is 0.711. The summed E-state index contributed by atoms with van der Waals surface area (Å²) in [7, 11) is 1.64. The maximum absolute atomic E-state index is 13.9. The van der Waals surface area contributed by atoms with E-state index in [1.165, 1.54) is 28.0 Å². The van der Waals surface area contributed by atoms with E-state index in [9.17, 15) is 14.0 Å². The molecule has 1 heterocycles. The van der Waals surface area contributed by atoms with Crippen molar-refractivity contribution in [2.75, 3.05) is 23.8 Å². The zero-order valence-electron chi connectivity index (χ0n) is 15.5. The Bertz CT molecular complexity index is 1000. The summed E-state index contributed by atoms with van der Waals surface area (Å²) >= 11 is 0. The molecule has 0 unspecified atom stereocenters. The minimum atomic E-state index is -0.432. The molecule has 8 heteroatoms. The molecule has 0 atom stereocenters. The first-order chi connectivity index (χ1) is 13.5. The maximum atomic E-state index is 13.9. The first kappa shape index (κ1) is 19.1. The summed E-state index contributed by atoms with van der Waals surface area (Å²) in [6, 6.07) is 12.8. The van der Waals surface area contributed by atoms with E-state index < -0.39 is 5.82 Å². The Hall–Kier alpha value is -3.68. The first-order valence-corrected chi connectivity index (χ1v) is 8.72. The summed E-state index contributed by atoms with van der Waals surface area (Å²) < 4.78 is 15.2. The van der Waals surface area contributed by atoms with E-state index in [0.717, 1.165) is 0 Å². The van der Waals surface area contributed by atoms with Gasteiger partial charge in [0.05, 0.1) is 11.8 Å². The number of carbonyl (C=O) groups excluding carboxylic acids is 2. The monoisotopic (exact) mass is 381 g/mol. The number of hydrogen-bond acceptors (Lipinski definition) is 3. The van der Waals surface area contributed by atoms with Crippen molar-refractivity contribution in [2.24, 2.45) is 0 Å². The summed E-state index contributed by atoms with van der Waals surface area (Å²) in [6.45, 7) is 2.36. The van der Waals surface area contributed by atoms with Gasteiger partial charge in [-0.15, -0.1) is 0 Å². The summed E-state index contributed by atoms with van der Waals surface area (Å²) in [6.07, 6.45) is 2.82. The largest absolute Gasteiger partial charge is 0.338 e. The topological polar surface area (TPSA) is 79.3 Å². The van der Waals surface area contributed by atoms with Crippen molar-refractivity contribution in [1.82, 2.24) is 15.1 Å². The fourth-order valence-electron chi connectivity index (χ4n) is 2.59. The fourth-order valence-corrected chi connectivity index (χ4v) is 2.59. The van der Waals surface area contributed by atoms with Crippen LogP contribution in [0.2, 0.25) is 0 Å². The van der Waals surface area contributed by atoms with Crippen LogP contribution in [0.5, 0.6) is 0 Å². The molecule has 7 nitrogen and oxygen atoms in total. The Balaban J connectivity index is 1.74. The highest BCUT2D eigenvalue weighted by Gasteiger charge is 2.14. The number of amides is 3. The molecule has 0 fully saturated rings. The van der Waals surface area contributed by atoms with E-state index in [0.29, 0.717) is 17.9 Å². The van der Waals surface area contributed by atoms with Crippen LogP contribution in [0.1, 0.15) is 17.3 Å². The van der Waals surface area contributed by atoms with Crippen molar-refractivity contribution in [1.29, 1.82) is 0 Å². The van der Waals surface area contributed by atoms with Gasteiger partial charge in [-0.2, -0.15) is 5.10 Å². The molecule has 0 saturated heterocycles. The van der Waals surface area contributed by atoms with Gasteiger partial charge >= 0.3 is 6.03 Å². The zero-order valence-corrected chi connectivity index (χ0v) is 15.5. The summed E-state index contributed by atoms with van der Waals surface area (Å²) in [5, 5.41) is 9.52. The smallest absolute Gasteiger partial charge is 0.321 e. The molecule has 0 aliphatic carbocycles. The number of nitrogens with one attached hydrogen (secondary N) is 2. The predicted molar refractivity (Wildman–Crippen MR) is 105 cm³/mol. The standard InChI is InChI=1S/C20H20FN5O2/c1-3-22-20(28)25(2)16-8-6-7-15(11-16)24-19(27)14-12-23-26(13-14)18-10-5-4-9-17(18)21/h4-13H,3H2,1-2H3,(H,22,28)(H,24,27). The third kappa shape index (κ3) is 4.17. The van der Waals surface area contributed by atoms with Gasteiger partial charge in [0.25, 0.3) is 5.91 Å². The van der Waals surface area contributed by atoms with Crippen LogP contribution in [0.25, 0.3) is 5.69 Å². The highest BCUT2D eigenvalue weighted by Crippen LogP contribution is 2.20. The SMILES string of the molecule is CCNC(=O)N(C)c1cccc(NC(=O)c2cnn(-c3ccccc3F)c2)c1. The molecule has 3 amide bonds. The second-order valence-electron chi connectivity index (χ2n) is 6.02. The number of para-hydroxylation sites is 1. The van der Waals surface area contributed by atoms with Crippen molar-refractivity contribution in [3.05, 3.63) is 72.3 Å². The minimum absolute atomic E-state index is 0.239. The first-order valence-electron chi connectivity index (χ1n) is 8.72. The lowest BCUT2D eigenvalue weighted by Gasteiger charge is -2.18. The molecule has 2 aromatic carbocycles. The molecular formula is C20H20FN5O2. The lowest BCUT2D eigenvalue weighted by atomic mass is 10.2. The molecule has 2 N–H and O–H groups in total. The number of aromatic nitrogens is 2. The number of anilines is 2. The second kappa shape index (κ2) is 8.34. The van der Waals surface area contributed by atoms with Crippen LogP contribution in [-0.2, 0) is 0 Å². The predicted octanol–water partition coefficient (Wildman–Crippen LogP) is 3.43. The molecule has 28 heavy (non-hydrogen) atoms. The number of urea groups is 1. The highest BCUT2D eigenvalue weighted by molar-refractivity contribution is 6.04. The fraction of sp³-hybridized carbons (Fsp3) is 0.150. The van der Waals surface area contributed by atoms with E-state index in [1.807, 2.05) is 6.92 Å². The van der Waals surface area contributed by atoms with Crippen LogP contribution in [0.3, 0.4) is 0 Å². The Morgan fingerprint density at radius 2 is 1.96 bits per heavy atom. The zero-order chi connectivity index (χ0) is 20.1. The molecule has 0 aliphatic heterocycles. The number of nitrogens with zero attached hydrogens (tertiary/aromatic N) is 3. The van der Waals surface area contributed by atoms with Crippen molar-refractivity contribution in [2.45, 2.75) is 6.92 Å². The van der Waals surface area contributed by atoms with E-state index in [4.69, 9.17) is 0 Å². The molecule has 144 valence electrons. The summed E-state index contributed by atoms with van der Waals surface area (Å²) in [5.41, 5.74) is 1.70. The van der Waals surface area contributed by atoms with Gasteiger partial charge in [-0.25, -0.2) is 13.9 Å². The molecule has 3 aromatic rings. The van der Waals surface area contributed by atoms with E-state index in [-0.39, 0.29) is 23.2 Å². The number of hydrogen-bond donors (Lipinski definition) is 2. The average Bonchev–Trinajstić information content (AvgIpc) is 3.18. The normalized spacial score (nSPS) is 10.4. The molecule has 0 saturated carbocycles. The van der Waals surface area contributed by atoms with Crippen LogP contribution < -0.4 is 15.5 Å². The van der Waals surface area contributed by atoms with Crippen molar-refractivity contribution >= 4 is 23.3 Å². The Kier molecular flexibility index (Phi) is 5.69. The Morgan fingerprint density at radius 3 is 2.71 bits per heavy atom. The van der Waals surface area contributed by atoms with Crippen LogP contribution in [0.4, 0.5) is 20.6 Å². The lowest BCUT2D eigenvalue weighted by Crippen LogP contribution is -2.37. The summed E-state index contributed by atoms with van der Waals surface area (Å²) in [5.74, 6) is -0.820. The van der Waals surface area contributed by atoms with Crippen molar-refractivity contribution in [3.8, 4) is 5.69 Å². The summed E-state index contributed by atoms with van der Waals surface area (Å²) in [4.78, 5) is 25.9. The minimum Gasteiger partial charge on any atom is -0.338 e. The molecule has 0 aliphatic rings. The number of rotatable bonds is 5. The van der Waals surface area contributed by atoms with Gasteiger partial charge in [0.15, 0.2) is 0 Å². The molecule has 1 aromatic heterocycles. The molecule has 3 rings (SSSR count). The van der Waals surface area contributed by atoms with E-state index >= 15 is 0 Å². The van der Waals surface area contributed by atoms with Gasteiger partial charge in [0.2, 0.25) is 0 Å². The van der Waals surface area contributed by atoms with Crippen LogP contribution in [0.15, 0.2) is 60.9 Å². The second-order valence-corrected chi connectivity index (χ2v) is 6.02. The molecular weight excluding hydrogens is 361 g/mol. The van der Waals surface area contributed by atoms with Crippen LogP contribution >= 0.6 is 0 Å².